The van der Waals surface area contributed by atoms with Gasteiger partial charge in [0.15, 0.2) is 0 Å². The van der Waals surface area contributed by atoms with Gasteiger partial charge in [-0.1, -0.05) is 18.2 Å². The fourth-order valence-corrected chi connectivity index (χ4v) is 2.10. The maximum atomic E-state index is 11.2. The summed E-state index contributed by atoms with van der Waals surface area (Å²) in [6.45, 7) is 0. The molecule has 1 atom stereocenters. The van der Waals surface area contributed by atoms with Gasteiger partial charge in [-0.3, -0.25) is 4.79 Å². The maximum Gasteiger partial charge on any atom is 0.307 e. The Morgan fingerprint density at radius 3 is 2.93 bits per heavy atom. The minimum absolute atomic E-state index is 0.139. The summed E-state index contributed by atoms with van der Waals surface area (Å²) in [6.07, 6.45) is 1.39. The van der Waals surface area contributed by atoms with Gasteiger partial charge in [0.1, 0.15) is 0 Å². The van der Waals surface area contributed by atoms with Crippen molar-refractivity contribution in [3.8, 4) is 0 Å². The number of fused-ring (bicyclic) bond motifs is 1. The highest BCUT2D eigenvalue weighted by molar-refractivity contribution is 5.72. The molecule has 1 unspecified atom stereocenters. The van der Waals surface area contributed by atoms with Gasteiger partial charge in [-0.2, -0.15) is 0 Å². The molecule has 0 saturated heterocycles. The molecule has 0 fully saturated rings. The van der Waals surface area contributed by atoms with Crippen LogP contribution < -0.4 is 4.90 Å². The highest BCUT2D eigenvalue weighted by atomic mass is 16.5. The zero-order chi connectivity index (χ0) is 10.8. The second kappa shape index (κ2) is 3.93. The number of rotatable bonds is 2. The molecule has 0 aliphatic carbocycles. The number of likely N-dealkylation sites (N-methyl/N-ethyl adjacent to an activating group) is 1. The molecular formula is C12H15NO2. The zero-order valence-corrected chi connectivity index (χ0v) is 9.06. The van der Waals surface area contributed by atoms with Gasteiger partial charge < -0.3 is 9.64 Å². The number of carbonyl (C=O) groups excluding carboxylic acids is 1. The SMILES string of the molecule is COC(=O)CC1Cc2ccccc2N1C. The average Bonchev–Trinajstić information content (AvgIpc) is 2.57. The van der Waals surface area contributed by atoms with Crippen LogP contribution in [-0.2, 0) is 16.0 Å². The molecule has 0 spiro atoms. The highest BCUT2D eigenvalue weighted by Crippen LogP contribution is 2.31. The summed E-state index contributed by atoms with van der Waals surface area (Å²) >= 11 is 0. The topological polar surface area (TPSA) is 29.5 Å². The first-order chi connectivity index (χ1) is 7.22. The quantitative estimate of drug-likeness (QED) is 0.687. The van der Waals surface area contributed by atoms with E-state index in [1.165, 1.54) is 18.4 Å². The summed E-state index contributed by atoms with van der Waals surface area (Å²) in [4.78, 5) is 13.4. The Morgan fingerprint density at radius 1 is 1.53 bits per heavy atom. The molecule has 2 rings (SSSR count). The average molecular weight is 205 g/mol. The second-order valence-corrected chi connectivity index (χ2v) is 3.88. The third-order valence-corrected chi connectivity index (χ3v) is 3.00. The minimum Gasteiger partial charge on any atom is -0.469 e. The van der Waals surface area contributed by atoms with E-state index in [4.69, 9.17) is 4.74 Å². The van der Waals surface area contributed by atoms with E-state index in [9.17, 15) is 4.79 Å². The summed E-state index contributed by atoms with van der Waals surface area (Å²) in [5.74, 6) is -0.139. The molecule has 0 bridgehead atoms. The van der Waals surface area contributed by atoms with Crippen molar-refractivity contribution in [3.63, 3.8) is 0 Å². The molecule has 1 aromatic rings. The van der Waals surface area contributed by atoms with Crippen molar-refractivity contribution < 1.29 is 9.53 Å². The summed E-state index contributed by atoms with van der Waals surface area (Å²) in [6, 6.07) is 8.51. The first-order valence-corrected chi connectivity index (χ1v) is 5.10. The van der Waals surface area contributed by atoms with Crippen LogP contribution in [0.3, 0.4) is 0 Å². The second-order valence-electron chi connectivity index (χ2n) is 3.88. The number of hydrogen-bond donors (Lipinski definition) is 0. The summed E-state index contributed by atoms with van der Waals surface area (Å²) < 4.78 is 4.69. The van der Waals surface area contributed by atoms with Gasteiger partial charge >= 0.3 is 5.97 Å². The molecule has 1 heterocycles. The lowest BCUT2D eigenvalue weighted by atomic mass is 10.1. The van der Waals surface area contributed by atoms with Crippen molar-refractivity contribution in [1.29, 1.82) is 0 Å². The van der Waals surface area contributed by atoms with Gasteiger partial charge in [0.25, 0.3) is 0 Å². The molecular weight excluding hydrogens is 190 g/mol. The number of methoxy groups -OCH3 is 1. The molecule has 1 aliphatic heterocycles. The first-order valence-electron chi connectivity index (χ1n) is 5.10. The van der Waals surface area contributed by atoms with Crippen LogP contribution in [0.1, 0.15) is 12.0 Å². The largest absolute Gasteiger partial charge is 0.469 e. The smallest absolute Gasteiger partial charge is 0.307 e. The Morgan fingerprint density at radius 2 is 2.27 bits per heavy atom. The summed E-state index contributed by atoms with van der Waals surface area (Å²) in [5, 5.41) is 0. The molecule has 3 nitrogen and oxygen atoms in total. The Hall–Kier alpha value is -1.51. The Labute approximate surface area is 89.7 Å². The normalized spacial score (nSPS) is 18.8. The molecule has 0 radical (unpaired) electrons. The van der Waals surface area contributed by atoms with E-state index in [-0.39, 0.29) is 12.0 Å². The maximum absolute atomic E-state index is 11.2. The number of benzene rings is 1. The van der Waals surface area contributed by atoms with Crippen LogP contribution in [0.4, 0.5) is 5.69 Å². The summed E-state index contributed by atoms with van der Waals surface area (Å²) in [7, 11) is 3.46. The van der Waals surface area contributed by atoms with E-state index in [1.807, 2.05) is 19.2 Å². The van der Waals surface area contributed by atoms with Crippen LogP contribution in [0.5, 0.6) is 0 Å². The standard InChI is InChI=1S/C12H15NO2/c1-13-10(8-12(14)15-2)7-9-5-3-4-6-11(9)13/h3-6,10H,7-8H2,1-2H3. The molecule has 0 N–H and O–H groups in total. The molecule has 15 heavy (non-hydrogen) atoms. The van der Waals surface area contributed by atoms with Gasteiger partial charge in [0, 0.05) is 18.8 Å². The predicted molar refractivity (Wildman–Crippen MR) is 59.0 cm³/mol. The monoisotopic (exact) mass is 205 g/mol. The van der Waals surface area contributed by atoms with Crippen molar-refractivity contribution in [2.45, 2.75) is 18.9 Å². The van der Waals surface area contributed by atoms with Gasteiger partial charge in [0.2, 0.25) is 0 Å². The van der Waals surface area contributed by atoms with Crippen molar-refractivity contribution in [3.05, 3.63) is 29.8 Å². The van der Waals surface area contributed by atoms with Crippen LogP contribution in [0.25, 0.3) is 0 Å². The molecule has 1 aromatic carbocycles. The van der Waals surface area contributed by atoms with E-state index in [2.05, 4.69) is 17.0 Å². The third-order valence-electron chi connectivity index (χ3n) is 3.00. The van der Waals surface area contributed by atoms with E-state index < -0.39 is 0 Å². The van der Waals surface area contributed by atoms with E-state index in [1.54, 1.807) is 0 Å². The van der Waals surface area contributed by atoms with Crippen LogP contribution >= 0.6 is 0 Å². The predicted octanol–water partition coefficient (Wildman–Crippen LogP) is 1.61. The number of para-hydroxylation sites is 1. The lowest BCUT2D eigenvalue weighted by molar-refractivity contribution is -0.140. The molecule has 3 heteroatoms. The lowest BCUT2D eigenvalue weighted by Gasteiger charge is -2.21. The summed E-state index contributed by atoms with van der Waals surface area (Å²) in [5.41, 5.74) is 2.54. The van der Waals surface area contributed by atoms with Gasteiger partial charge in [-0.25, -0.2) is 0 Å². The number of anilines is 1. The van der Waals surface area contributed by atoms with Crippen molar-refractivity contribution in [2.24, 2.45) is 0 Å². The van der Waals surface area contributed by atoms with Gasteiger partial charge in [0.05, 0.1) is 13.5 Å². The number of ether oxygens (including phenoxy) is 1. The minimum atomic E-state index is -0.139. The van der Waals surface area contributed by atoms with Crippen LogP contribution in [0.2, 0.25) is 0 Å². The van der Waals surface area contributed by atoms with Crippen LogP contribution in [0.15, 0.2) is 24.3 Å². The van der Waals surface area contributed by atoms with E-state index >= 15 is 0 Å². The Bertz CT molecular complexity index is 376. The van der Waals surface area contributed by atoms with E-state index in [0.717, 1.165) is 6.42 Å². The van der Waals surface area contributed by atoms with Crippen molar-refractivity contribution in [2.75, 3.05) is 19.1 Å². The Kier molecular flexibility index (Phi) is 2.62. The van der Waals surface area contributed by atoms with E-state index in [0.29, 0.717) is 6.42 Å². The fourth-order valence-electron chi connectivity index (χ4n) is 2.10. The lowest BCUT2D eigenvalue weighted by Crippen LogP contribution is -2.30. The first kappa shape index (κ1) is 10.0. The highest BCUT2D eigenvalue weighted by Gasteiger charge is 2.27. The van der Waals surface area contributed by atoms with Crippen LogP contribution in [-0.4, -0.2) is 26.2 Å². The molecule has 0 saturated carbocycles. The number of carbonyl (C=O) groups is 1. The zero-order valence-electron chi connectivity index (χ0n) is 9.06. The Balaban J connectivity index is 2.13. The van der Waals surface area contributed by atoms with Crippen LogP contribution in [0, 0.1) is 0 Å². The van der Waals surface area contributed by atoms with Crippen molar-refractivity contribution >= 4 is 11.7 Å². The number of nitrogens with zero attached hydrogens (tertiary/aromatic N) is 1. The molecule has 0 aromatic heterocycles. The molecule has 0 amide bonds. The third kappa shape index (κ3) is 1.82. The van der Waals surface area contributed by atoms with Gasteiger partial charge in [-0.05, 0) is 18.1 Å². The van der Waals surface area contributed by atoms with Crippen molar-refractivity contribution in [1.82, 2.24) is 0 Å². The fraction of sp³-hybridized carbons (Fsp3) is 0.417. The molecule has 1 aliphatic rings. The number of esters is 1. The molecule has 80 valence electrons. The van der Waals surface area contributed by atoms with Gasteiger partial charge in [-0.15, -0.1) is 0 Å². The number of hydrogen-bond acceptors (Lipinski definition) is 3.